The van der Waals surface area contributed by atoms with E-state index in [-0.39, 0.29) is 18.1 Å². The number of piperidine rings is 1. The van der Waals surface area contributed by atoms with Crippen molar-refractivity contribution in [3.63, 3.8) is 0 Å². The highest BCUT2D eigenvalue weighted by Gasteiger charge is 2.26. The van der Waals surface area contributed by atoms with Crippen LogP contribution >= 0.6 is 0 Å². The van der Waals surface area contributed by atoms with E-state index in [0.29, 0.717) is 13.2 Å². The summed E-state index contributed by atoms with van der Waals surface area (Å²) >= 11 is 0. The average molecular weight is 259 g/mol. The summed E-state index contributed by atoms with van der Waals surface area (Å²) in [7, 11) is 1.56. The number of nitrogens with zero attached hydrogens (tertiary/aromatic N) is 1. The van der Waals surface area contributed by atoms with E-state index >= 15 is 0 Å². The molecule has 0 spiro atoms. The quantitative estimate of drug-likeness (QED) is 0.642. The highest BCUT2D eigenvalue weighted by Crippen LogP contribution is 2.15. The van der Waals surface area contributed by atoms with Gasteiger partial charge in [-0.3, -0.25) is 4.79 Å². The number of methoxy groups -OCH3 is 1. The Morgan fingerprint density at radius 2 is 2.00 bits per heavy atom. The lowest BCUT2D eigenvalue weighted by Crippen LogP contribution is -2.45. The maximum Gasteiger partial charge on any atom is 0.251 e. The Balaban J connectivity index is 2.18. The Labute approximate surface area is 109 Å². The van der Waals surface area contributed by atoms with E-state index in [1.165, 1.54) is 0 Å². The van der Waals surface area contributed by atoms with Crippen molar-refractivity contribution in [2.24, 2.45) is 0 Å². The number of likely N-dealkylation sites (tertiary alicyclic amines) is 1. The zero-order valence-corrected chi connectivity index (χ0v) is 11.7. The van der Waals surface area contributed by atoms with E-state index in [2.05, 4.69) is 0 Å². The highest BCUT2D eigenvalue weighted by atomic mass is 16.5. The number of ether oxygens (including phenoxy) is 3. The van der Waals surface area contributed by atoms with Crippen molar-refractivity contribution in [3.8, 4) is 0 Å². The molecule has 1 rings (SSSR count). The van der Waals surface area contributed by atoms with E-state index < -0.39 is 0 Å². The summed E-state index contributed by atoms with van der Waals surface area (Å²) in [6, 6.07) is 0. The van der Waals surface area contributed by atoms with Crippen LogP contribution in [0, 0.1) is 0 Å². The van der Waals surface area contributed by atoms with E-state index in [1.54, 1.807) is 14.0 Å². The van der Waals surface area contributed by atoms with Gasteiger partial charge in [0.2, 0.25) is 0 Å². The van der Waals surface area contributed by atoms with Crippen LogP contribution in [0.25, 0.3) is 0 Å². The molecule has 1 unspecified atom stereocenters. The molecule has 0 bridgehead atoms. The van der Waals surface area contributed by atoms with E-state index in [1.807, 2.05) is 11.8 Å². The number of amides is 1. The Morgan fingerprint density at radius 1 is 1.33 bits per heavy atom. The molecule has 1 aliphatic rings. The fraction of sp³-hybridized carbons (Fsp3) is 0.923. The van der Waals surface area contributed by atoms with Gasteiger partial charge in [-0.05, 0) is 26.7 Å². The molecule has 0 aromatic heterocycles. The van der Waals surface area contributed by atoms with Crippen LogP contribution < -0.4 is 0 Å². The second-order valence-corrected chi connectivity index (χ2v) is 4.47. The molecule has 1 atom stereocenters. The normalized spacial score (nSPS) is 18.9. The summed E-state index contributed by atoms with van der Waals surface area (Å²) in [6.45, 7) is 7.29. The lowest BCUT2D eigenvalue weighted by Gasteiger charge is -2.33. The van der Waals surface area contributed by atoms with E-state index in [9.17, 15) is 4.79 Å². The van der Waals surface area contributed by atoms with Gasteiger partial charge in [-0.25, -0.2) is 0 Å². The second-order valence-electron chi connectivity index (χ2n) is 4.47. The minimum absolute atomic E-state index is 0.0743. The predicted molar refractivity (Wildman–Crippen MR) is 68.5 cm³/mol. The van der Waals surface area contributed by atoms with Gasteiger partial charge in [0.05, 0.1) is 19.3 Å². The SMILES string of the molecule is CCOCCOC1CCN(C(=O)C(C)OC)CC1. The van der Waals surface area contributed by atoms with Crippen LogP contribution in [0.15, 0.2) is 0 Å². The lowest BCUT2D eigenvalue weighted by atomic mass is 10.1. The zero-order chi connectivity index (χ0) is 13.4. The molecule has 0 aromatic carbocycles. The fourth-order valence-electron chi connectivity index (χ4n) is 2.02. The van der Waals surface area contributed by atoms with Gasteiger partial charge in [-0.2, -0.15) is 0 Å². The van der Waals surface area contributed by atoms with E-state index in [0.717, 1.165) is 32.5 Å². The van der Waals surface area contributed by atoms with Crippen molar-refractivity contribution in [2.75, 3.05) is 40.0 Å². The Hall–Kier alpha value is -0.650. The molecule has 0 saturated carbocycles. The molecular formula is C13H25NO4. The number of hydrogen-bond donors (Lipinski definition) is 0. The molecule has 1 aliphatic heterocycles. The van der Waals surface area contributed by atoms with Gasteiger partial charge < -0.3 is 19.1 Å². The average Bonchev–Trinajstić information content (AvgIpc) is 2.42. The van der Waals surface area contributed by atoms with Crippen LogP contribution in [0.2, 0.25) is 0 Å². The number of hydrogen-bond acceptors (Lipinski definition) is 4. The standard InChI is InChI=1S/C13H25NO4/c1-4-17-9-10-18-12-5-7-14(8-6-12)13(15)11(2)16-3/h11-12H,4-10H2,1-3H3. The minimum atomic E-state index is -0.347. The maximum atomic E-state index is 11.9. The van der Waals surface area contributed by atoms with Gasteiger partial charge in [0.1, 0.15) is 6.10 Å². The first kappa shape index (κ1) is 15.4. The van der Waals surface area contributed by atoms with Crippen LogP contribution in [-0.4, -0.2) is 63.0 Å². The smallest absolute Gasteiger partial charge is 0.251 e. The number of carbonyl (C=O) groups is 1. The predicted octanol–water partition coefficient (Wildman–Crippen LogP) is 1.07. The third kappa shape index (κ3) is 4.92. The van der Waals surface area contributed by atoms with Gasteiger partial charge in [0, 0.05) is 26.8 Å². The fourth-order valence-corrected chi connectivity index (χ4v) is 2.02. The van der Waals surface area contributed by atoms with Gasteiger partial charge in [0.25, 0.3) is 5.91 Å². The van der Waals surface area contributed by atoms with Crippen molar-refractivity contribution in [3.05, 3.63) is 0 Å². The molecule has 1 fully saturated rings. The first-order valence-corrected chi connectivity index (χ1v) is 6.70. The third-order valence-electron chi connectivity index (χ3n) is 3.24. The Morgan fingerprint density at radius 3 is 2.56 bits per heavy atom. The molecule has 5 heteroatoms. The van der Waals surface area contributed by atoms with Crippen LogP contribution in [-0.2, 0) is 19.0 Å². The summed E-state index contributed by atoms with van der Waals surface area (Å²) in [5, 5.41) is 0. The highest BCUT2D eigenvalue weighted by molar-refractivity contribution is 5.80. The molecule has 0 aliphatic carbocycles. The summed E-state index contributed by atoms with van der Waals surface area (Å²) in [6.07, 6.45) is 1.70. The lowest BCUT2D eigenvalue weighted by molar-refractivity contribution is -0.143. The second kappa shape index (κ2) is 8.45. The van der Waals surface area contributed by atoms with Gasteiger partial charge in [-0.15, -0.1) is 0 Å². The molecule has 0 N–H and O–H groups in total. The summed E-state index contributed by atoms with van der Waals surface area (Å²) in [4.78, 5) is 13.7. The molecule has 18 heavy (non-hydrogen) atoms. The van der Waals surface area contributed by atoms with Crippen LogP contribution in [0.4, 0.5) is 0 Å². The monoisotopic (exact) mass is 259 g/mol. The molecule has 5 nitrogen and oxygen atoms in total. The van der Waals surface area contributed by atoms with Crippen molar-refractivity contribution in [1.29, 1.82) is 0 Å². The number of carbonyl (C=O) groups excluding carboxylic acids is 1. The summed E-state index contributed by atoms with van der Waals surface area (Å²) in [5.41, 5.74) is 0. The molecule has 1 heterocycles. The van der Waals surface area contributed by atoms with Gasteiger partial charge in [0.15, 0.2) is 0 Å². The van der Waals surface area contributed by atoms with Crippen molar-refractivity contribution >= 4 is 5.91 Å². The first-order valence-electron chi connectivity index (χ1n) is 6.70. The topological polar surface area (TPSA) is 48.0 Å². The third-order valence-corrected chi connectivity index (χ3v) is 3.24. The van der Waals surface area contributed by atoms with Crippen LogP contribution in [0.1, 0.15) is 26.7 Å². The molecule has 0 aromatic rings. The van der Waals surface area contributed by atoms with Gasteiger partial charge >= 0.3 is 0 Å². The van der Waals surface area contributed by atoms with Crippen molar-refractivity contribution in [2.45, 2.75) is 38.9 Å². The maximum absolute atomic E-state index is 11.9. The Bertz CT molecular complexity index is 239. The summed E-state index contributed by atoms with van der Waals surface area (Å²) < 4.78 is 16.0. The molecule has 1 amide bonds. The number of rotatable bonds is 7. The van der Waals surface area contributed by atoms with Crippen LogP contribution in [0.3, 0.4) is 0 Å². The minimum Gasteiger partial charge on any atom is -0.379 e. The van der Waals surface area contributed by atoms with Gasteiger partial charge in [-0.1, -0.05) is 0 Å². The first-order chi connectivity index (χ1) is 8.69. The van der Waals surface area contributed by atoms with Crippen molar-refractivity contribution in [1.82, 2.24) is 4.90 Å². The Kier molecular flexibility index (Phi) is 7.23. The molecule has 106 valence electrons. The molecule has 0 radical (unpaired) electrons. The largest absolute Gasteiger partial charge is 0.379 e. The summed E-state index contributed by atoms with van der Waals surface area (Å²) in [5.74, 6) is 0.0743. The molecular weight excluding hydrogens is 234 g/mol. The zero-order valence-electron chi connectivity index (χ0n) is 11.7. The van der Waals surface area contributed by atoms with Crippen LogP contribution in [0.5, 0.6) is 0 Å². The molecule has 1 saturated heterocycles. The van der Waals surface area contributed by atoms with E-state index in [4.69, 9.17) is 14.2 Å². The van der Waals surface area contributed by atoms with Crippen molar-refractivity contribution < 1.29 is 19.0 Å².